The zero-order valence-electron chi connectivity index (χ0n) is 12.9. The van der Waals surface area contributed by atoms with Crippen LogP contribution in [0.15, 0.2) is 84.9 Å². The van der Waals surface area contributed by atoms with Gasteiger partial charge in [0, 0.05) is 17.4 Å². The Kier molecular flexibility index (Phi) is 2.66. The molecular formula is C22H18O. The Balaban J connectivity index is 1.67. The van der Waals surface area contributed by atoms with Gasteiger partial charge in [0.05, 0.1) is 0 Å². The molecule has 1 saturated carbocycles. The fourth-order valence-electron chi connectivity index (χ4n) is 4.20. The molecule has 0 unspecified atom stereocenters. The molecule has 1 heterocycles. The lowest BCUT2D eigenvalue weighted by Crippen LogP contribution is -2.27. The Morgan fingerprint density at radius 1 is 0.739 bits per heavy atom. The Bertz CT molecular complexity index is 840. The highest BCUT2D eigenvalue weighted by atomic mass is 16.5. The van der Waals surface area contributed by atoms with Crippen LogP contribution in [0.3, 0.4) is 0 Å². The lowest BCUT2D eigenvalue weighted by Gasteiger charge is -2.32. The van der Waals surface area contributed by atoms with Crippen molar-refractivity contribution < 1.29 is 4.74 Å². The number of hydrogen-bond donors (Lipinski definition) is 0. The Morgan fingerprint density at radius 2 is 1.39 bits per heavy atom. The first kappa shape index (κ1) is 13.0. The van der Waals surface area contributed by atoms with Crippen molar-refractivity contribution >= 4 is 0 Å². The van der Waals surface area contributed by atoms with Crippen LogP contribution in [0, 0.1) is 5.92 Å². The molecule has 2 aliphatic rings. The normalized spacial score (nSPS) is 27.5. The third-order valence-corrected chi connectivity index (χ3v) is 5.33. The second-order valence-electron chi connectivity index (χ2n) is 6.59. The van der Waals surface area contributed by atoms with E-state index < -0.39 is 0 Å². The minimum Gasteiger partial charge on any atom is -0.482 e. The van der Waals surface area contributed by atoms with Gasteiger partial charge in [-0.2, -0.15) is 0 Å². The molecule has 112 valence electrons. The molecule has 1 fully saturated rings. The summed E-state index contributed by atoms with van der Waals surface area (Å²) in [4.78, 5) is 0. The van der Waals surface area contributed by atoms with Crippen molar-refractivity contribution in [3.63, 3.8) is 0 Å². The lowest BCUT2D eigenvalue weighted by molar-refractivity contribution is 0.139. The number of fused-ring (bicyclic) bond motifs is 2. The predicted octanol–water partition coefficient (Wildman–Crippen LogP) is 5.13. The van der Waals surface area contributed by atoms with Crippen molar-refractivity contribution in [3.8, 4) is 5.75 Å². The van der Waals surface area contributed by atoms with E-state index in [0.717, 1.165) is 12.2 Å². The number of hydrogen-bond acceptors (Lipinski definition) is 1. The van der Waals surface area contributed by atoms with Crippen LogP contribution in [0.5, 0.6) is 5.75 Å². The Labute approximate surface area is 136 Å². The van der Waals surface area contributed by atoms with Gasteiger partial charge in [0.25, 0.3) is 0 Å². The largest absolute Gasteiger partial charge is 0.482 e. The Morgan fingerprint density at radius 3 is 2.17 bits per heavy atom. The van der Waals surface area contributed by atoms with Crippen LogP contribution >= 0.6 is 0 Å². The molecule has 3 atom stereocenters. The van der Waals surface area contributed by atoms with E-state index in [1.54, 1.807) is 0 Å². The van der Waals surface area contributed by atoms with Crippen molar-refractivity contribution in [1.29, 1.82) is 0 Å². The molecule has 0 amide bonds. The first-order valence-corrected chi connectivity index (χ1v) is 8.27. The van der Waals surface area contributed by atoms with Crippen molar-refractivity contribution in [2.45, 2.75) is 17.9 Å². The van der Waals surface area contributed by atoms with Gasteiger partial charge in [-0.3, -0.25) is 0 Å². The topological polar surface area (TPSA) is 9.23 Å². The van der Waals surface area contributed by atoms with Gasteiger partial charge in [0.15, 0.2) is 0 Å². The molecular weight excluding hydrogens is 280 g/mol. The van der Waals surface area contributed by atoms with Gasteiger partial charge in [0.1, 0.15) is 11.4 Å². The van der Waals surface area contributed by atoms with E-state index in [9.17, 15) is 0 Å². The molecule has 0 bridgehead atoms. The quantitative estimate of drug-likeness (QED) is 0.637. The Hall–Kier alpha value is -2.54. The summed E-state index contributed by atoms with van der Waals surface area (Å²) >= 11 is 0. The molecule has 0 radical (unpaired) electrons. The summed E-state index contributed by atoms with van der Waals surface area (Å²) in [5, 5.41) is 0. The smallest absolute Gasteiger partial charge is 0.138 e. The standard InChI is InChI=1S/C22H18O/c1-3-9-16(10-4-1)21-18-13-7-8-14-20(18)23-22(15-19(21)22)17-11-5-2-6-12-17/h1-14,19,21H,15H2/t19-,21-,22-/m1/s1. The summed E-state index contributed by atoms with van der Waals surface area (Å²) in [7, 11) is 0. The van der Waals surface area contributed by atoms with Crippen molar-refractivity contribution in [2.24, 2.45) is 5.92 Å². The molecule has 1 heteroatoms. The second kappa shape index (κ2) is 4.73. The molecule has 0 N–H and O–H groups in total. The number of benzene rings is 3. The summed E-state index contributed by atoms with van der Waals surface area (Å²) in [6, 6.07) is 30.1. The lowest BCUT2D eigenvalue weighted by atomic mass is 9.82. The van der Waals surface area contributed by atoms with Crippen molar-refractivity contribution in [3.05, 3.63) is 102 Å². The average molecular weight is 298 g/mol. The molecule has 0 aromatic heterocycles. The fraction of sp³-hybridized carbons (Fsp3) is 0.182. The molecule has 23 heavy (non-hydrogen) atoms. The van der Waals surface area contributed by atoms with Crippen molar-refractivity contribution in [2.75, 3.05) is 0 Å². The number of rotatable bonds is 2. The van der Waals surface area contributed by atoms with Gasteiger partial charge in [0.2, 0.25) is 0 Å². The fourth-order valence-corrected chi connectivity index (χ4v) is 4.20. The predicted molar refractivity (Wildman–Crippen MR) is 91.6 cm³/mol. The van der Waals surface area contributed by atoms with Gasteiger partial charge in [-0.15, -0.1) is 0 Å². The first-order valence-electron chi connectivity index (χ1n) is 8.27. The van der Waals surface area contributed by atoms with Crippen molar-refractivity contribution in [1.82, 2.24) is 0 Å². The average Bonchev–Trinajstić information content (AvgIpc) is 3.36. The molecule has 0 saturated heterocycles. The SMILES string of the molecule is c1ccc([C@@H]2c3ccccc3O[C@@]3(c4ccccc4)C[C@H]23)cc1. The third-order valence-electron chi connectivity index (χ3n) is 5.33. The maximum Gasteiger partial charge on any atom is 0.138 e. The molecule has 0 spiro atoms. The zero-order valence-corrected chi connectivity index (χ0v) is 12.9. The summed E-state index contributed by atoms with van der Waals surface area (Å²) in [5.41, 5.74) is 3.88. The van der Waals surface area contributed by atoms with Gasteiger partial charge in [-0.25, -0.2) is 0 Å². The van der Waals surface area contributed by atoms with Gasteiger partial charge >= 0.3 is 0 Å². The highest BCUT2D eigenvalue weighted by molar-refractivity contribution is 5.51. The number of para-hydroxylation sites is 1. The summed E-state index contributed by atoms with van der Waals surface area (Å²) in [6.45, 7) is 0. The third kappa shape index (κ3) is 1.86. The van der Waals surface area contributed by atoms with Crippen LogP contribution in [-0.4, -0.2) is 0 Å². The minimum absolute atomic E-state index is 0.143. The maximum atomic E-state index is 6.53. The van der Waals surface area contributed by atoms with E-state index in [0.29, 0.717) is 11.8 Å². The monoisotopic (exact) mass is 298 g/mol. The van der Waals surface area contributed by atoms with Crippen LogP contribution < -0.4 is 4.74 Å². The van der Waals surface area contributed by atoms with E-state index in [1.165, 1.54) is 16.7 Å². The molecule has 5 rings (SSSR count). The van der Waals surface area contributed by atoms with Gasteiger partial charge in [-0.1, -0.05) is 78.9 Å². The summed E-state index contributed by atoms with van der Waals surface area (Å²) < 4.78 is 6.53. The number of ether oxygens (including phenoxy) is 1. The molecule has 3 aromatic carbocycles. The summed E-state index contributed by atoms with van der Waals surface area (Å²) in [5.74, 6) is 1.97. The zero-order chi connectivity index (χ0) is 15.3. The van der Waals surface area contributed by atoms with Crippen LogP contribution in [0.1, 0.15) is 29.0 Å². The van der Waals surface area contributed by atoms with Gasteiger partial charge in [-0.05, 0) is 23.6 Å². The molecule has 3 aromatic rings. The first-order chi connectivity index (χ1) is 11.4. The van der Waals surface area contributed by atoms with Crippen LogP contribution in [0.2, 0.25) is 0 Å². The van der Waals surface area contributed by atoms with E-state index in [-0.39, 0.29) is 5.60 Å². The molecule has 1 nitrogen and oxygen atoms in total. The summed E-state index contributed by atoms with van der Waals surface area (Å²) in [6.07, 6.45) is 1.09. The van der Waals surface area contributed by atoms with Crippen LogP contribution in [0.4, 0.5) is 0 Å². The van der Waals surface area contributed by atoms with E-state index in [2.05, 4.69) is 84.9 Å². The highest BCUT2D eigenvalue weighted by Gasteiger charge is 2.64. The molecule has 1 aliphatic carbocycles. The highest BCUT2D eigenvalue weighted by Crippen LogP contribution is 2.66. The van der Waals surface area contributed by atoms with E-state index >= 15 is 0 Å². The maximum absolute atomic E-state index is 6.53. The molecule has 1 aliphatic heterocycles. The van der Waals surface area contributed by atoms with Gasteiger partial charge < -0.3 is 4.74 Å². The van der Waals surface area contributed by atoms with Crippen LogP contribution in [-0.2, 0) is 5.60 Å². The second-order valence-corrected chi connectivity index (χ2v) is 6.59. The van der Waals surface area contributed by atoms with E-state index in [1.807, 2.05) is 0 Å². The minimum atomic E-state index is -0.143. The van der Waals surface area contributed by atoms with Crippen LogP contribution in [0.25, 0.3) is 0 Å². The van der Waals surface area contributed by atoms with E-state index in [4.69, 9.17) is 4.74 Å².